The standard InChI is InChI=1S/C18H20N4O4/c1-4-9-20-12-19-16-15(20)17(23)21(10-11-25-2)18(24)22(16)13-7-5-6-8-14(13)26-3/h4-8,12H,1,9-11H2,2-3H3. The van der Waals surface area contributed by atoms with Crippen molar-refractivity contribution in [1.29, 1.82) is 0 Å². The van der Waals surface area contributed by atoms with Crippen LogP contribution in [0, 0.1) is 0 Å². The van der Waals surface area contributed by atoms with Gasteiger partial charge in [-0.1, -0.05) is 18.2 Å². The van der Waals surface area contributed by atoms with Crippen molar-refractivity contribution >= 4 is 11.2 Å². The Bertz CT molecular complexity index is 1060. The second-order valence-corrected chi connectivity index (χ2v) is 5.60. The first kappa shape index (κ1) is 17.7. The van der Waals surface area contributed by atoms with Crippen molar-refractivity contribution in [2.24, 2.45) is 0 Å². The molecule has 0 amide bonds. The van der Waals surface area contributed by atoms with Crippen molar-refractivity contribution in [3.05, 3.63) is 64.1 Å². The minimum absolute atomic E-state index is 0.137. The number of allylic oxidation sites excluding steroid dienone is 1. The van der Waals surface area contributed by atoms with E-state index in [0.29, 0.717) is 23.5 Å². The summed E-state index contributed by atoms with van der Waals surface area (Å²) in [5.41, 5.74) is 0.215. The van der Waals surface area contributed by atoms with Gasteiger partial charge in [-0.15, -0.1) is 6.58 Å². The van der Waals surface area contributed by atoms with Gasteiger partial charge < -0.3 is 14.0 Å². The number of aromatic nitrogens is 4. The third kappa shape index (κ3) is 2.84. The maximum Gasteiger partial charge on any atom is 0.337 e. The first-order valence-corrected chi connectivity index (χ1v) is 8.08. The highest BCUT2D eigenvalue weighted by molar-refractivity contribution is 5.73. The zero-order valence-corrected chi connectivity index (χ0v) is 14.7. The van der Waals surface area contributed by atoms with Gasteiger partial charge in [0.25, 0.3) is 5.56 Å². The zero-order valence-electron chi connectivity index (χ0n) is 14.7. The molecule has 0 atom stereocenters. The Morgan fingerprint density at radius 2 is 2.00 bits per heavy atom. The molecule has 0 aliphatic heterocycles. The van der Waals surface area contributed by atoms with Crippen LogP contribution in [-0.4, -0.2) is 39.5 Å². The lowest BCUT2D eigenvalue weighted by Crippen LogP contribution is -2.41. The largest absolute Gasteiger partial charge is 0.495 e. The number of benzene rings is 1. The smallest absolute Gasteiger partial charge is 0.337 e. The lowest BCUT2D eigenvalue weighted by molar-refractivity contribution is 0.184. The molecule has 0 saturated heterocycles. The first-order chi connectivity index (χ1) is 12.6. The van der Waals surface area contributed by atoms with E-state index >= 15 is 0 Å². The second-order valence-electron chi connectivity index (χ2n) is 5.60. The van der Waals surface area contributed by atoms with E-state index in [2.05, 4.69) is 11.6 Å². The average molecular weight is 356 g/mol. The van der Waals surface area contributed by atoms with Gasteiger partial charge in [0.2, 0.25) is 0 Å². The topological polar surface area (TPSA) is 80.3 Å². The number of nitrogens with zero attached hydrogens (tertiary/aromatic N) is 4. The van der Waals surface area contributed by atoms with E-state index in [1.165, 1.54) is 25.1 Å². The SMILES string of the molecule is C=CCn1cnc2c1c(=O)n(CCOC)c(=O)n2-c1ccccc1OC. The molecule has 2 heterocycles. The molecule has 26 heavy (non-hydrogen) atoms. The molecular formula is C18H20N4O4. The monoisotopic (exact) mass is 356 g/mol. The van der Waals surface area contributed by atoms with Crippen LogP contribution in [0.15, 0.2) is 52.8 Å². The summed E-state index contributed by atoms with van der Waals surface area (Å²) in [6.45, 7) is 4.48. The zero-order chi connectivity index (χ0) is 18.7. The number of fused-ring (bicyclic) bond motifs is 1. The number of rotatable bonds is 7. The van der Waals surface area contributed by atoms with Crippen molar-refractivity contribution in [3.8, 4) is 11.4 Å². The molecule has 0 unspecified atom stereocenters. The van der Waals surface area contributed by atoms with Gasteiger partial charge in [0.05, 0.1) is 32.3 Å². The molecule has 0 fully saturated rings. The minimum Gasteiger partial charge on any atom is -0.495 e. The number of hydrogen-bond acceptors (Lipinski definition) is 5. The highest BCUT2D eigenvalue weighted by atomic mass is 16.5. The van der Waals surface area contributed by atoms with Gasteiger partial charge in [-0.3, -0.25) is 9.36 Å². The molecule has 0 aliphatic carbocycles. The van der Waals surface area contributed by atoms with Gasteiger partial charge in [0.1, 0.15) is 5.75 Å². The first-order valence-electron chi connectivity index (χ1n) is 8.08. The van der Waals surface area contributed by atoms with Gasteiger partial charge >= 0.3 is 5.69 Å². The van der Waals surface area contributed by atoms with Crippen molar-refractivity contribution in [2.75, 3.05) is 20.8 Å². The second kappa shape index (κ2) is 7.40. The molecule has 3 aromatic rings. The van der Waals surface area contributed by atoms with E-state index in [0.717, 1.165) is 4.57 Å². The van der Waals surface area contributed by atoms with Crippen LogP contribution in [0.3, 0.4) is 0 Å². The summed E-state index contributed by atoms with van der Waals surface area (Å²) in [6, 6.07) is 7.10. The molecule has 0 aliphatic rings. The Morgan fingerprint density at radius 1 is 1.23 bits per heavy atom. The molecule has 8 nitrogen and oxygen atoms in total. The van der Waals surface area contributed by atoms with E-state index in [1.54, 1.807) is 28.8 Å². The Labute approximate surface area is 149 Å². The van der Waals surface area contributed by atoms with Crippen LogP contribution in [0.2, 0.25) is 0 Å². The summed E-state index contributed by atoms with van der Waals surface area (Å²) in [7, 11) is 3.04. The summed E-state index contributed by atoms with van der Waals surface area (Å²) in [5.74, 6) is 0.506. The Balaban J connectivity index is 2.43. The molecule has 8 heteroatoms. The summed E-state index contributed by atoms with van der Waals surface area (Å²) < 4.78 is 14.6. The quantitative estimate of drug-likeness (QED) is 0.594. The maximum absolute atomic E-state index is 13.1. The Kier molecular flexibility index (Phi) is 5.04. The van der Waals surface area contributed by atoms with E-state index in [1.807, 2.05) is 6.07 Å². The molecule has 136 valence electrons. The molecule has 2 aromatic heterocycles. The summed E-state index contributed by atoms with van der Waals surface area (Å²) in [5, 5.41) is 0. The lowest BCUT2D eigenvalue weighted by Gasteiger charge is -2.14. The van der Waals surface area contributed by atoms with Crippen LogP contribution >= 0.6 is 0 Å². The van der Waals surface area contributed by atoms with Crippen LogP contribution in [-0.2, 0) is 17.8 Å². The Morgan fingerprint density at radius 3 is 2.69 bits per heavy atom. The number of ether oxygens (including phenoxy) is 2. The van der Waals surface area contributed by atoms with E-state index in [9.17, 15) is 9.59 Å². The average Bonchev–Trinajstić information content (AvgIpc) is 3.06. The van der Waals surface area contributed by atoms with Crippen molar-refractivity contribution < 1.29 is 9.47 Å². The minimum atomic E-state index is -0.493. The molecule has 0 N–H and O–H groups in total. The Hall–Kier alpha value is -3.13. The fourth-order valence-electron chi connectivity index (χ4n) is 2.87. The van der Waals surface area contributed by atoms with Gasteiger partial charge in [-0.25, -0.2) is 14.3 Å². The third-order valence-corrected chi connectivity index (χ3v) is 4.07. The summed E-state index contributed by atoms with van der Waals surface area (Å²) >= 11 is 0. The van der Waals surface area contributed by atoms with Crippen molar-refractivity contribution in [3.63, 3.8) is 0 Å². The van der Waals surface area contributed by atoms with Gasteiger partial charge in [-0.05, 0) is 12.1 Å². The molecule has 0 radical (unpaired) electrons. The normalized spacial score (nSPS) is 11.0. The molecule has 1 aromatic carbocycles. The predicted molar refractivity (Wildman–Crippen MR) is 98.2 cm³/mol. The maximum atomic E-state index is 13.1. The van der Waals surface area contributed by atoms with E-state index in [-0.39, 0.29) is 18.8 Å². The summed E-state index contributed by atoms with van der Waals surface area (Å²) in [6.07, 6.45) is 3.19. The van der Waals surface area contributed by atoms with E-state index in [4.69, 9.17) is 9.47 Å². The summed E-state index contributed by atoms with van der Waals surface area (Å²) in [4.78, 5) is 30.3. The molecule has 3 rings (SSSR count). The molecule has 0 bridgehead atoms. The number of methoxy groups -OCH3 is 2. The van der Waals surface area contributed by atoms with Crippen LogP contribution in [0.25, 0.3) is 16.9 Å². The van der Waals surface area contributed by atoms with Crippen LogP contribution < -0.4 is 16.0 Å². The number of hydrogen-bond donors (Lipinski definition) is 0. The third-order valence-electron chi connectivity index (χ3n) is 4.07. The van der Waals surface area contributed by atoms with Crippen LogP contribution in [0.4, 0.5) is 0 Å². The predicted octanol–water partition coefficient (Wildman–Crippen LogP) is 1.19. The van der Waals surface area contributed by atoms with Gasteiger partial charge in [0, 0.05) is 13.7 Å². The van der Waals surface area contributed by atoms with Gasteiger partial charge in [-0.2, -0.15) is 0 Å². The van der Waals surface area contributed by atoms with Crippen molar-refractivity contribution in [1.82, 2.24) is 18.7 Å². The molecular weight excluding hydrogens is 336 g/mol. The lowest BCUT2D eigenvalue weighted by atomic mass is 10.3. The van der Waals surface area contributed by atoms with Crippen LogP contribution in [0.1, 0.15) is 0 Å². The molecule has 0 spiro atoms. The molecule has 0 saturated carbocycles. The van der Waals surface area contributed by atoms with E-state index < -0.39 is 11.2 Å². The fraction of sp³-hybridized carbons (Fsp3) is 0.278. The number of para-hydroxylation sites is 2. The highest BCUT2D eigenvalue weighted by Gasteiger charge is 2.20. The van der Waals surface area contributed by atoms with Crippen molar-refractivity contribution in [2.45, 2.75) is 13.1 Å². The van der Waals surface area contributed by atoms with Crippen LogP contribution in [0.5, 0.6) is 5.75 Å². The highest BCUT2D eigenvalue weighted by Crippen LogP contribution is 2.23. The number of imidazole rings is 1. The fourth-order valence-corrected chi connectivity index (χ4v) is 2.87. The van der Waals surface area contributed by atoms with Gasteiger partial charge in [0.15, 0.2) is 11.2 Å².